The number of methoxy groups -OCH3 is 1. The van der Waals surface area contributed by atoms with Crippen molar-refractivity contribution < 1.29 is 9.53 Å². The molecule has 0 aliphatic carbocycles. The van der Waals surface area contributed by atoms with Crippen LogP contribution in [0.2, 0.25) is 5.02 Å². The number of anilines is 1. The van der Waals surface area contributed by atoms with E-state index in [4.69, 9.17) is 16.3 Å². The van der Waals surface area contributed by atoms with Crippen molar-refractivity contribution in [2.45, 2.75) is 19.5 Å². The zero-order valence-corrected chi connectivity index (χ0v) is 16.6. The van der Waals surface area contributed by atoms with Crippen LogP contribution in [-0.2, 0) is 11.3 Å². The molecule has 0 unspecified atom stereocenters. The first-order valence-electron chi connectivity index (χ1n) is 9.21. The number of amides is 1. The van der Waals surface area contributed by atoms with Crippen LogP contribution in [0, 0.1) is 0 Å². The average Bonchev–Trinajstić information content (AvgIpc) is 2.70. The summed E-state index contributed by atoms with van der Waals surface area (Å²) in [6.45, 7) is 6.54. The summed E-state index contributed by atoms with van der Waals surface area (Å²) in [5.74, 6) is 0.894. The Bertz CT molecular complexity index is 741. The van der Waals surface area contributed by atoms with Gasteiger partial charge in [0.1, 0.15) is 5.75 Å². The second-order valence-electron chi connectivity index (χ2n) is 6.83. The molecule has 1 atom stereocenters. The van der Waals surface area contributed by atoms with Gasteiger partial charge in [0.25, 0.3) is 0 Å². The van der Waals surface area contributed by atoms with Crippen molar-refractivity contribution in [3.8, 4) is 5.75 Å². The van der Waals surface area contributed by atoms with E-state index in [2.05, 4.69) is 27.2 Å². The van der Waals surface area contributed by atoms with E-state index in [0.29, 0.717) is 5.02 Å². The zero-order chi connectivity index (χ0) is 19.2. The van der Waals surface area contributed by atoms with Crippen molar-refractivity contribution >= 4 is 23.2 Å². The summed E-state index contributed by atoms with van der Waals surface area (Å²) in [6.07, 6.45) is 0. The van der Waals surface area contributed by atoms with Crippen LogP contribution < -0.4 is 10.1 Å². The lowest BCUT2D eigenvalue weighted by molar-refractivity contribution is -0.121. The number of halogens is 1. The maximum atomic E-state index is 12.5. The summed E-state index contributed by atoms with van der Waals surface area (Å²) in [5, 5.41) is 3.62. The summed E-state index contributed by atoms with van der Waals surface area (Å²) in [5.41, 5.74) is 2.05. The van der Waals surface area contributed by atoms with Gasteiger partial charge in [0, 0.05) is 43.4 Å². The van der Waals surface area contributed by atoms with E-state index in [1.54, 1.807) is 19.2 Å². The van der Waals surface area contributed by atoms with E-state index in [-0.39, 0.29) is 11.9 Å². The highest BCUT2D eigenvalue weighted by atomic mass is 35.5. The zero-order valence-electron chi connectivity index (χ0n) is 15.8. The minimum absolute atomic E-state index is 0.0147. The number of nitrogens with one attached hydrogen (secondary N) is 1. The molecule has 6 heteroatoms. The highest BCUT2D eigenvalue weighted by Gasteiger charge is 2.25. The van der Waals surface area contributed by atoms with Crippen LogP contribution in [0.15, 0.2) is 48.5 Å². The normalized spacial score (nSPS) is 16.7. The number of benzene rings is 2. The number of ether oxygens (including phenoxy) is 1. The number of hydrogen-bond acceptors (Lipinski definition) is 4. The monoisotopic (exact) mass is 387 g/mol. The van der Waals surface area contributed by atoms with Crippen molar-refractivity contribution in [2.24, 2.45) is 0 Å². The molecule has 0 spiro atoms. The van der Waals surface area contributed by atoms with E-state index in [9.17, 15) is 4.79 Å². The predicted molar refractivity (Wildman–Crippen MR) is 109 cm³/mol. The average molecular weight is 388 g/mol. The molecule has 1 N–H and O–H groups in total. The number of piperazine rings is 1. The van der Waals surface area contributed by atoms with Crippen LogP contribution in [0.3, 0.4) is 0 Å². The molecule has 1 saturated heterocycles. The highest BCUT2D eigenvalue weighted by Crippen LogP contribution is 2.17. The van der Waals surface area contributed by atoms with Crippen molar-refractivity contribution in [1.82, 2.24) is 9.80 Å². The molecule has 27 heavy (non-hydrogen) atoms. The molecule has 1 aliphatic heterocycles. The Morgan fingerprint density at radius 2 is 1.70 bits per heavy atom. The van der Waals surface area contributed by atoms with Gasteiger partial charge in [0.2, 0.25) is 5.91 Å². The maximum Gasteiger partial charge on any atom is 0.241 e. The van der Waals surface area contributed by atoms with Gasteiger partial charge < -0.3 is 10.1 Å². The number of carbonyl (C=O) groups excluding carboxylic acids is 1. The summed E-state index contributed by atoms with van der Waals surface area (Å²) in [6, 6.07) is 15.2. The minimum atomic E-state index is -0.163. The third-order valence-electron chi connectivity index (χ3n) is 5.01. The van der Waals surface area contributed by atoms with Crippen LogP contribution in [0.1, 0.15) is 12.5 Å². The fraction of sp³-hybridized carbons (Fsp3) is 0.381. The summed E-state index contributed by atoms with van der Waals surface area (Å²) in [4.78, 5) is 17.2. The Hall–Kier alpha value is -2.08. The Kier molecular flexibility index (Phi) is 6.72. The van der Waals surface area contributed by atoms with E-state index in [1.807, 2.05) is 31.2 Å². The molecule has 5 nitrogen and oxygen atoms in total. The van der Waals surface area contributed by atoms with Gasteiger partial charge in [0.05, 0.1) is 13.2 Å². The maximum absolute atomic E-state index is 12.5. The first-order valence-corrected chi connectivity index (χ1v) is 9.59. The topological polar surface area (TPSA) is 44.8 Å². The third-order valence-corrected chi connectivity index (χ3v) is 5.26. The largest absolute Gasteiger partial charge is 0.497 e. The molecule has 2 aromatic rings. The van der Waals surface area contributed by atoms with Crippen LogP contribution >= 0.6 is 11.6 Å². The first-order chi connectivity index (χ1) is 13.0. The standard InChI is InChI=1S/C21H26ClN3O2/c1-16(21(26)23-19-7-5-18(22)6-8-19)25-13-11-24(12-14-25)15-17-3-9-20(27-2)10-4-17/h3-10,16H,11-15H2,1-2H3,(H,23,26)/t16-/m0/s1. The Morgan fingerprint density at radius 1 is 1.07 bits per heavy atom. The van der Waals surface area contributed by atoms with Crippen molar-refractivity contribution in [3.05, 3.63) is 59.1 Å². The van der Waals surface area contributed by atoms with Crippen molar-refractivity contribution in [3.63, 3.8) is 0 Å². The van der Waals surface area contributed by atoms with Gasteiger partial charge in [-0.2, -0.15) is 0 Å². The van der Waals surface area contributed by atoms with E-state index in [1.165, 1.54) is 5.56 Å². The van der Waals surface area contributed by atoms with Gasteiger partial charge in [-0.1, -0.05) is 23.7 Å². The molecule has 0 radical (unpaired) electrons. The lowest BCUT2D eigenvalue weighted by atomic mass is 10.1. The summed E-state index contributed by atoms with van der Waals surface area (Å²) >= 11 is 5.89. The molecule has 3 rings (SSSR count). The second kappa shape index (κ2) is 9.22. The molecule has 2 aromatic carbocycles. The lowest BCUT2D eigenvalue weighted by Gasteiger charge is -2.37. The lowest BCUT2D eigenvalue weighted by Crippen LogP contribution is -2.52. The number of carbonyl (C=O) groups is 1. The molecule has 1 amide bonds. The Morgan fingerprint density at radius 3 is 2.30 bits per heavy atom. The van der Waals surface area contributed by atoms with Gasteiger partial charge in [-0.05, 0) is 48.9 Å². The number of hydrogen-bond donors (Lipinski definition) is 1. The second-order valence-corrected chi connectivity index (χ2v) is 7.27. The fourth-order valence-electron chi connectivity index (χ4n) is 3.24. The van der Waals surface area contributed by atoms with Crippen molar-refractivity contribution in [1.29, 1.82) is 0 Å². The molecular weight excluding hydrogens is 362 g/mol. The Labute approximate surface area is 165 Å². The molecule has 0 bridgehead atoms. The van der Waals surface area contributed by atoms with E-state index >= 15 is 0 Å². The van der Waals surface area contributed by atoms with E-state index < -0.39 is 0 Å². The Balaban J connectivity index is 1.47. The molecule has 1 aliphatic rings. The van der Waals surface area contributed by atoms with Gasteiger partial charge in [-0.3, -0.25) is 14.6 Å². The smallest absolute Gasteiger partial charge is 0.241 e. The van der Waals surface area contributed by atoms with Crippen molar-refractivity contribution in [2.75, 3.05) is 38.6 Å². The molecule has 1 heterocycles. The summed E-state index contributed by atoms with van der Waals surface area (Å²) < 4.78 is 5.21. The number of rotatable bonds is 6. The molecule has 0 saturated carbocycles. The van der Waals surface area contributed by atoms with Gasteiger partial charge in [0.15, 0.2) is 0 Å². The van der Waals surface area contributed by atoms with Crippen LogP contribution in [0.25, 0.3) is 0 Å². The molecular formula is C21H26ClN3O2. The molecule has 1 fully saturated rings. The fourth-order valence-corrected chi connectivity index (χ4v) is 3.37. The molecule has 144 valence electrons. The SMILES string of the molecule is COc1ccc(CN2CCN([C@@H](C)C(=O)Nc3ccc(Cl)cc3)CC2)cc1. The van der Waals surface area contributed by atoms with Gasteiger partial charge in [-0.25, -0.2) is 0 Å². The minimum Gasteiger partial charge on any atom is -0.497 e. The quantitative estimate of drug-likeness (QED) is 0.824. The van der Waals surface area contributed by atoms with Crippen LogP contribution in [-0.4, -0.2) is 55.0 Å². The highest BCUT2D eigenvalue weighted by molar-refractivity contribution is 6.30. The summed E-state index contributed by atoms with van der Waals surface area (Å²) in [7, 11) is 1.68. The van der Waals surface area contributed by atoms with Crippen LogP contribution in [0.4, 0.5) is 5.69 Å². The van der Waals surface area contributed by atoms with Crippen LogP contribution in [0.5, 0.6) is 5.75 Å². The van der Waals surface area contributed by atoms with Gasteiger partial charge >= 0.3 is 0 Å². The predicted octanol–water partition coefficient (Wildman–Crippen LogP) is 3.49. The third kappa shape index (κ3) is 5.45. The molecule has 0 aromatic heterocycles. The number of nitrogens with zero attached hydrogens (tertiary/aromatic N) is 2. The van der Waals surface area contributed by atoms with Gasteiger partial charge in [-0.15, -0.1) is 0 Å². The van der Waals surface area contributed by atoms with E-state index in [0.717, 1.165) is 44.2 Å². The first kappa shape index (κ1) is 19.7.